The molecule has 2 aromatic carbocycles. The smallest absolute Gasteiger partial charge is 0.316 e. The Labute approximate surface area is 197 Å². The molecule has 0 amide bonds. The summed E-state index contributed by atoms with van der Waals surface area (Å²) in [5.74, 6) is -2.30. The lowest BCUT2D eigenvalue weighted by molar-refractivity contribution is -0.249. The third-order valence-electron chi connectivity index (χ3n) is 6.73. The first-order valence-corrected chi connectivity index (χ1v) is 11.9. The quantitative estimate of drug-likeness (QED) is 0.255. The van der Waals surface area contributed by atoms with E-state index < -0.39 is 41.3 Å². The molecular formula is C27H30F5NO. The van der Waals surface area contributed by atoms with Crippen molar-refractivity contribution in [3.63, 3.8) is 0 Å². The van der Waals surface area contributed by atoms with Crippen LogP contribution in [0.25, 0.3) is 0 Å². The van der Waals surface area contributed by atoms with Gasteiger partial charge in [-0.1, -0.05) is 38.7 Å². The van der Waals surface area contributed by atoms with Crippen molar-refractivity contribution >= 4 is 0 Å². The summed E-state index contributed by atoms with van der Waals surface area (Å²) < 4.78 is 75.6. The van der Waals surface area contributed by atoms with E-state index in [1.54, 1.807) is 6.07 Å². The molecule has 0 saturated heterocycles. The van der Waals surface area contributed by atoms with Gasteiger partial charge in [0.1, 0.15) is 29.1 Å². The van der Waals surface area contributed by atoms with E-state index in [4.69, 9.17) is 5.26 Å². The molecule has 0 radical (unpaired) electrons. The molecule has 184 valence electrons. The Kier molecular flexibility index (Phi) is 9.07. The van der Waals surface area contributed by atoms with Crippen LogP contribution in [0, 0.1) is 34.7 Å². The van der Waals surface area contributed by atoms with Crippen LogP contribution in [0.3, 0.4) is 0 Å². The predicted molar refractivity (Wildman–Crippen MR) is 120 cm³/mol. The average molecular weight is 480 g/mol. The van der Waals surface area contributed by atoms with E-state index in [9.17, 15) is 22.0 Å². The van der Waals surface area contributed by atoms with Crippen molar-refractivity contribution in [3.8, 4) is 6.07 Å². The Balaban J connectivity index is 1.57. The Morgan fingerprint density at radius 1 is 0.971 bits per heavy atom. The number of halogens is 5. The Morgan fingerprint density at radius 2 is 1.65 bits per heavy atom. The fourth-order valence-electron chi connectivity index (χ4n) is 4.74. The van der Waals surface area contributed by atoms with Crippen molar-refractivity contribution in [1.82, 2.24) is 0 Å². The van der Waals surface area contributed by atoms with Gasteiger partial charge in [-0.05, 0) is 79.3 Å². The maximum absolute atomic E-state index is 14.6. The largest absolute Gasteiger partial charge is 0.386 e. The van der Waals surface area contributed by atoms with Gasteiger partial charge in [0.2, 0.25) is 0 Å². The second kappa shape index (κ2) is 11.8. The zero-order valence-corrected chi connectivity index (χ0v) is 19.4. The summed E-state index contributed by atoms with van der Waals surface area (Å²) in [6.07, 6.45) is 4.80. The molecule has 1 saturated carbocycles. The number of nitrogens with zero attached hydrogens (tertiary/aromatic N) is 1. The summed E-state index contributed by atoms with van der Waals surface area (Å²) in [5.41, 5.74) is -0.803. The molecule has 34 heavy (non-hydrogen) atoms. The van der Waals surface area contributed by atoms with Gasteiger partial charge in [0.05, 0.1) is 12.2 Å². The topological polar surface area (TPSA) is 33.0 Å². The third kappa shape index (κ3) is 6.56. The highest BCUT2D eigenvalue weighted by molar-refractivity contribution is 5.35. The van der Waals surface area contributed by atoms with Crippen LogP contribution < -0.4 is 0 Å². The van der Waals surface area contributed by atoms with Crippen molar-refractivity contribution in [3.05, 3.63) is 70.0 Å². The number of unbranched alkanes of at least 4 members (excludes halogenated alkanes) is 2. The van der Waals surface area contributed by atoms with Gasteiger partial charge in [-0.3, -0.25) is 0 Å². The Bertz CT molecular complexity index is 986. The first-order valence-electron chi connectivity index (χ1n) is 11.9. The zero-order chi connectivity index (χ0) is 24.7. The highest BCUT2D eigenvalue weighted by atomic mass is 19.3. The Morgan fingerprint density at radius 3 is 2.24 bits per heavy atom. The molecule has 0 spiro atoms. The van der Waals surface area contributed by atoms with Crippen LogP contribution in [0.15, 0.2) is 30.3 Å². The first kappa shape index (κ1) is 26.2. The summed E-state index contributed by atoms with van der Waals surface area (Å²) in [6, 6.07) is 6.99. The predicted octanol–water partition coefficient (Wildman–Crippen LogP) is 8.14. The van der Waals surface area contributed by atoms with E-state index >= 15 is 0 Å². The van der Waals surface area contributed by atoms with Gasteiger partial charge in [0, 0.05) is 0 Å². The third-order valence-corrected chi connectivity index (χ3v) is 6.73. The molecule has 0 bridgehead atoms. The molecule has 0 atom stereocenters. The van der Waals surface area contributed by atoms with Crippen LogP contribution in [-0.4, -0.2) is 6.61 Å². The molecule has 1 aliphatic carbocycles. The van der Waals surface area contributed by atoms with Crippen LogP contribution in [0.2, 0.25) is 0 Å². The monoisotopic (exact) mass is 479 g/mol. The second-order valence-corrected chi connectivity index (χ2v) is 9.11. The highest BCUT2D eigenvalue weighted by Crippen LogP contribution is 2.39. The van der Waals surface area contributed by atoms with Gasteiger partial charge in [-0.25, -0.2) is 13.2 Å². The highest BCUT2D eigenvalue weighted by Gasteiger charge is 2.36. The van der Waals surface area contributed by atoms with Crippen molar-refractivity contribution in [2.45, 2.75) is 76.7 Å². The standard InChI is InChI=1S/C27H30F5NO/c1-2-3-4-5-18-6-8-20(9-7-18)21-10-11-23(26(30)16-21)27(31,32)34-13-12-19-14-24(28)22(17-33)25(29)15-19/h10-11,14-16,18,20H,2-9,12-13H2,1H3. The van der Waals surface area contributed by atoms with E-state index in [1.165, 1.54) is 37.8 Å². The molecule has 2 nitrogen and oxygen atoms in total. The number of rotatable bonds is 10. The molecule has 0 heterocycles. The SMILES string of the molecule is CCCCCC1CCC(c2ccc(C(F)(F)OCCc3cc(F)c(C#N)c(F)c3)c(F)c2)CC1. The maximum atomic E-state index is 14.6. The van der Waals surface area contributed by atoms with Gasteiger partial charge in [-0.2, -0.15) is 14.0 Å². The molecule has 0 aliphatic heterocycles. The summed E-state index contributed by atoms with van der Waals surface area (Å²) in [5, 5.41) is 8.69. The lowest BCUT2D eigenvalue weighted by atomic mass is 9.77. The lowest BCUT2D eigenvalue weighted by Crippen LogP contribution is -2.22. The van der Waals surface area contributed by atoms with Crippen molar-refractivity contribution in [1.29, 1.82) is 5.26 Å². The van der Waals surface area contributed by atoms with Crippen LogP contribution in [0.5, 0.6) is 0 Å². The number of hydrogen-bond donors (Lipinski definition) is 0. The van der Waals surface area contributed by atoms with E-state index in [-0.39, 0.29) is 17.9 Å². The summed E-state index contributed by atoms with van der Waals surface area (Å²) in [6.45, 7) is 1.60. The molecule has 0 N–H and O–H groups in total. The van der Waals surface area contributed by atoms with Crippen LogP contribution in [0.4, 0.5) is 22.0 Å². The summed E-state index contributed by atoms with van der Waals surface area (Å²) in [4.78, 5) is 0. The molecule has 0 unspecified atom stereocenters. The summed E-state index contributed by atoms with van der Waals surface area (Å²) in [7, 11) is 0. The van der Waals surface area contributed by atoms with Crippen molar-refractivity contribution in [2.24, 2.45) is 5.92 Å². The minimum Gasteiger partial charge on any atom is -0.316 e. The minimum atomic E-state index is -3.89. The lowest BCUT2D eigenvalue weighted by Gasteiger charge is -2.29. The van der Waals surface area contributed by atoms with Crippen molar-refractivity contribution in [2.75, 3.05) is 6.61 Å². The Hall–Kier alpha value is -2.46. The molecule has 0 aromatic heterocycles. The number of nitriles is 1. The number of alkyl halides is 2. The van der Waals surface area contributed by atoms with Gasteiger partial charge in [-0.15, -0.1) is 0 Å². The maximum Gasteiger partial charge on any atom is 0.386 e. The zero-order valence-electron chi connectivity index (χ0n) is 19.4. The molecule has 1 fully saturated rings. The van der Waals surface area contributed by atoms with Gasteiger partial charge in [0.15, 0.2) is 0 Å². The van der Waals surface area contributed by atoms with E-state index in [1.807, 2.05) is 0 Å². The summed E-state index contributed by atoms with van der Waals surface area (Å²) >= 11 is 0. The fourth-order valence-corrected chi connectivity index (χ4v) is 4.74. The normalized spacial score (nSPS) is 18.6. The van der Waals surface area contributed by atoms with Crippen LogP contribution >= 0.6 is 0 Å². The number of hydrogen-bond acceptors (Lipinski definition) is 2. The molecule has 3 rings (SSSR count). The number of ether oxygens (including phenoxy) is 1. The number of benzene rings is 2. The average Bonchev–Trinajstić information content (AvgIpc) is 2.79. The van der Waals surface area contributed by atoms with E-state index in [0.29, 0.717) is 5.92 Å². The van der Waals surface area contributed by atoms with Gasteiger partial charge in [0.25, 0.3) is 0 Å². The van der Waals surface area contributed by atoms with Crippen LogP contribution in [0.1, 0.15) is 86.5 Å². The van der Waals surface area contributed by atoms with Crippen LogP contribution in [-0.2, 0) is 17.3 Å². The molecule has 7 heteroatoms. The molecular weight excluding hydrogens is 449 g/mol. The second-order valence-electron chi connectivity index (χ2n) is 9.11. The van der Waals surface area contributed by atoms with Crippen molar-refractivity contribution < 1.29 is 26.7 Å². The molecule has 2 aromatic rings. The van der Waals surface area contributed by atoms with E-state index in [2.05, 4.69) is 11.7 Å². The van der Waals surface area contributed by atoms with E-state index in [0.717, 1.165) is 49.4 Å². The first-order chi connectivity index (χ1) is 16.2. The molecule has 1 aliphatic rings. The van der Waals surface area contributed by atoms with Gasteiger partial charge >= 0.3 is 6.11 Å². The minimum absolute atomic E-state index is 0.0610. The fraction of sp³-hybridized carbons (Fsp3) is 0.519. The van der Waals surface area contributed by atoms with Gasteiger partial charge < -0.3 is 4.74 Å².